The summed E-state index contributed by atoms with van der Waals surface area (Å²) in [4.78, 5) is 0. The van der Waals surface area contributed by atoms with E-state index >= 15 is 0 Å². The molecule has 0 heterocycles. The number of rotatable bonds is 9. The molecule has 3 rings (SSSR count). The average molecular weight is 511 g/mol. The predicted molar refractivity (Wildman–Crippen MR) is 133 cm³/mol. The number of hydrogen-bond acceptors (Lipinski definition) is 1. The molecule has 0 bridgehead atoms. The van der Waals surface area contributed by atoms with Gasteiger partial charge in [-0.1, -0.05) is 89.0 Å². The Morgan fingerprint density at radius 3 is 1.89 bits per heavy atom. The van der Waals surface area contributed by atoms with Crippen LogP contribution in [-0.4, -0.2) is 6.36 Å². The summed E-state index contributed by atoms with van der Waals surface area (Å²) in [6, 6.07) is 1.49. The van der Waals surface area contributed by atoms with Crippen molar-refractivity contribution < 1.29 is 26.7 Å². The predicted octanol–water partition coefficient (Wildman–Crippen LogP) is 9.74. The van der Waals surface area contributed by atoms with Gasteiger partial charge in [-0.3, -0.25) is 0 Å². The molecule has 0 N–H and O–H groups in total. The van der Waals surface area contributed by atoms with E-state index in [0.717, 1.165) is 42.7 Å². The van der Waals surface area contributed by atoms with E-state index in [1.54, 1.807) is 6.08 Å². The monoisotopic (exact) mass is 510 g/mol. The maximum Gasteiger partial charge on any atom is 0.573 e. The zero-order chi connectivity index (χ0) is 26.0. The quantitative estimate of drug-likeness (QED) is 0.182. The molecular formula is C30H39F5O. The van der Waals surface area contributed by atoms with Crippen LogP contribution in [0.4, 0.5) is 22.0 Å². The van der Waals surface area contributed by atoms with E-state index < -0.39 is 23.7 Å². The van der Waals surface area contributed by atoms with Gasteiger partial charge in [-0.05, 0) is 67.6 Å². The summed E-state index contributed by atoms with van der Waals surface area (Å²) < 4.78 is 67.7. The second-order valence-electron chi connectivity index (χ2n) is 10.7. The number of benzene rings is 1. The fraction of sp³-hybridized carbons (Fsp3) is 0.667. The Bertz CT molecular complexity index is 871. The third kappa shape index (κ3) is 9.79. The fourth-order valence-electron chi connectivity index (χ4n) is 5.79. The lowest BCUT2D eigenvalue weighted by Gasteiger charge is -2.31. The lowest BCUT2D eigenvalue weighted by Crippen LogP contribution is -2.19. The fourth-order valence-corrected chi connectivity index (χ4v) is 5.79. The Balaban J connectivity index is 1.35. The zero-order valence-electron chi connectivity index (χ0n) is 21.3. The first-order valence-electron chi connectivity index (χ1n) is 13.7. The first-order chi connectivity index (χ1) is 17.2. The highest BCUT2D eigenvalue weighted by Crippen LogP contribution is 2.38. The third-order valence-electron chi connectivity index (χ3n) is 7.94. The average Bonchev–Trinajstić information content (AvgIpc) is 2.84. The van der Waals surface area contributed by atoms with Crippen LogP contribution in [0.1, 0.15) is 102 Å². The third-order valence-corrected chi connectivity index (χ3v) is 7.94. The smallest absolute Gasteiger partial charge is 0.399 e. The molecule has 0 saturated heterocycles. The second kappa shape index (κ2) is 14.1. The van der Waals surface area contributed by atoms with Gasteiger partial charge in [-0.15, -0.1) is 13.2 Å². The van der Waals surface area contributed by atoms with Crippen LogP contribution in [0, 0.1) is 47.1 Å². The largest absolute Gasteiger partial charge is 0.573 e. The maximum atomic E-state index is 13.8. The van der Waals surface area contributed by atoms with Gasteiger partial charge in [0.2, 0.25) is 5.75 Å². The van der Waals surface area contributed by atoms with E-state index in [0.29, 0.717) is 5.92 Å². The summed E-state index contributed by atoms with van der Waals surface area (Å²) in [5.74, 6) is 4.15. The van der Waals surface area contributed by atoms with Crippen molar-refractivity contribution >= 4 is 0 Å². The normalized spacial score (nSPS) is 24.9. The number of hydrogen-bond donors (Lipinski definition) is 0. The molecule has 0 unspecified atom stereocenters. The van der Waals surface area contributed by atoms with Gasteiger partial charge >= 0.3 is 6.36 Å². The van der Waals surface area contributed by atoms with Gasteiger partial charge in [0.15, 0.2) is 11.6 Å². The van der Waals surface area contributed by atoms with E-state index in [-0.39, 0.29) is 5.56 Å². The Kier molecular flexibility index (Phi) is 11.1. The zero-order valence-corrected chi connectivity index (χ0v) is 21.3. The van der Waals surface area contributed by atoms with Crippen molar-refractivity contribution in [2.75, 3.05) is 0 Å². The summed E-state index contributed by atoms with van der Waals surface area (Å²) >= 11 is 0. The van der Waals surface area contributed by atoms with Crippen LogP contribution >= 0.6 is 0 Å². The lowest BCUT2D eigenvalue weighted by atomic mass is 9.75. The van der Waals surface area contributed by atoms with Crippen LogP contribution in [0.25, 0.3) is 0 Å². The summed E-state index contributed by atoms with van der Waals surface area (Å²) in [6.07, 6.45) is 17.2. The van der Waals surface area contributed by atoms with Crippen LogP contribution in [-0.2, 0) is 0 Å². The second-order valence-corrected chi connectivity index (χ2v) is 10.7. The van der Waals surface area contributed by atoms with Gasteiger partial charge in [0.1, 0.15) is 0 Å². The van der Waals surface area contributed by atoms with Crippen molar-refractivity contribution in [1.29, 1.82) is 0 Å². The molecule has 2 aliphatic carbocycles. The lowest BCUT2D eigenvalue weighted by molar-refractivity contribution is -0.276. The van der Waals surface area contributed by atoms with Gasteiger partial charge < -0.3 is 4.74 Å². The van der Waals surface area contributed by atoms with Crippen molar-refractivity contribution in [1.82, 2.24) is 0 Å². The first-order valence-corrected chi connectivity index (χ1v) is 13.7. The van der Waals surface area contributed by atoms with Gasteiger partial charge in [-0.25, -0.2) is 8.78 Å². The minimum absolute atomic E-state index is 0.0390. The number of allylic oxidation sites excluding steroid dienone is 2. The Morgan fingerprint density at radius 2 is 1.36 bits per heavy atom. The molecule has 36 heavy (non-hydrogen) atoms. The summed E-state index contributed by atoms with van der Waals surface area (Å²) in [6.45, 7) is 2.27. The molecule has 0 aromatic heterocycles. The molecule has 2 saturated carbocycles. The van der Waals surface area contributed by atoms with Crippen LogP contribution < -0.4 is 4.74 Å². The summed E-state index contributed by atoms with van der Waals surface area (Å²) in [5.41, 5.74) is -0.0390. The molecule has 0 aliphatic heterocycles. The molecule has 0 amide bonds. The highest BCUT2D eigenvalue weighted by atomic mass is 19.4. The minimum Gasteiger partial charge on any atom is -0.399 e. The summed E-state index contributed by atoms with van der Waals surface area (Å²) in [5, 5.41) is 0. The molecule has 0 atom stereocenters. The van der Waals surface area contributed by atoms with Crippen LogP contribution in [0.5, 0.6) is 5.75 Å². The van der Waals surface area contributed by atoms with Crippen molar-refractivity contribution in [2.45, 2.75) is 103 Å². The molecule has 1 nitrogen and oxygen atoms in total. The van der Waals surface area contributed by atoms with Crippen LogP contribution in [0.15, 0.2) is 24.3 Å². The SMILES string of the molecule is CCCCC[C@H]1CC[C@H](CCC2CCC(/C=C/C#Cc3cc(F)c(OC(F)(F)F)c(F)c3)CC2)CC1. The van der Waals surface area contributed by atoms with Crippen molar-refractivity contribution in [3.63, 3.8) is 0 Å². The van der Waals surface area contributed by atoms with Crippen molar-refractivity contribution in [3.8, 4) is 17.6 Å². The molecule has 1 aromatic carbocycles. The van der Waals surface area contributed by atoms with E-state index in [4.69, 9.17) is 0 Å². The topological polar surface area (TPSA) is 9.23 Å². The van der Waals surface area contributed by atoms with E-state index in [1.807, 2.05) is 6.08 Å². The van der Waals surface area contributed by atoms with Crippen molar-refractivity contribution in [2.24, 2.45) is 23.7 Å². The van der Waals surface area contributed by atoms with E-state index in [1.165, 1.54) is 77.0 Å². The number of alkyl halides is 3. The van der Waals surface area contributed by atoms with Crippen molar-refractivity contribution in [3.05, 3.63) is 41.5 Å². The standard InChI is InChI=1S/C30H39F5O/c1-2-3-4-7-22-10-14-24(15-11-22)18-19-25-16-12-23(13-17-25)8-5-6-9-26-20-27(31)29(28(32)21-26)36-30(33,34)35/h5,8,20-25H,2-4,7,10-19H2,1H3/b8-5+/t22-,23?,24-,25?. The molecule has 0 spiro atoms. The van der Waals surface area contributed by atoms with Crippen LogP contribution in [0.2, 0.25) is 0 Å². The molecular weight excluding hydrogens is 471 g/mol. The van der Waals surface area contributed by atoms with Crippen LogP contribution in [0.3, 0.4) is 0 Å². The van der Waals surface area contributed by atoms with E-state index in [2.05, 4.69) is 23.5 Å². The highest BCUT2D eigenvalue weighted by molar-refractivity contribution is 5.42. The minimum atomic E-state index is -5.16. The van der Waals surface area contributed by atoms with Gasteiger partial charge in [0.25, 0.3) is 0 Å². The number of unbranched alkanes of at least 4 members (excludes halogenated alkanes) is 2. The summed E-state index contributed by atoms with van der Waals surface area (Å²) in [7, 11) is 0. The molecule has 0 radical (unpaired) electrons. The Morgan fingerprint density at radius 1 is 0.833 bits per heavy atom. The van der Waals surface area contributed by atoms with E-state index in [9.17, 15) is 22.0 Å². The molecule has 2 aliphatic rings. The molecule has 6 heteroatoms. The maximum absolute atomic E-state index is 13.8. The number of ether oxygens (including phenoxy) is 1. The van der Waals surface area contributed by atoms with Gasteiger partial charge in [0, 0.05) is 5.56 Å². The Hall–Kier alpha value is -2.03. The first kappa shape index (κ1) is 28.5. The molecule has 200 valence electrons. The molecule has 1 aromatic rings. The Labute approximate surface area is 212 Å². The van der Waals surface area contributed by atoms with Gasteiger partial charge in [-0.2, -0.15) is 0 Å². The highest BCUT2D eigenvalue weighted by Gasteiger charge is 2.34. The van der Waals surface area contributed by atoms with Gasteiger partial charge in [0.05, 0.1) is 0 Å². The molecule has 2 fully saturated rings. The number of halogens is 5.